The number of amides is 2. The van der Waals surface area contributed by atoms with E-state index in [0.29, 0.717) is 10.7 Å². The van der Waals surface area contributed by atoms with Crippen molar-refractivity contribution in [1.82, 2.24) is 30.4 Å². The summed E-state index contributed by atoms with van der Waals surface area (Å²) in [6.07, 6.45) is 0. The van der Waals surface area contributed by atoms with E-state index < -0.39 is 51.8 Å². The maximum Gasteiger partial charge on any atom is 0.352 e. The van der Waals surface area contributed by atoms with Gasteiger partial charge in [-0.3, -0.25) is 14.5 Å². The van der Waals surface area contributed by atoms with Gasteiger partial charge in [0, 0.05) is 25.7 Å². The molecule has 0 saturated carbocycles. The van der Waals surface area contributed by atoms with Gasteiger partial charge in [-0.25, -0.2) is 14.3 Å². The highest BCUT2D eigenvalue weighted by Crippen LogP contribution is 2.47. The van der Waals surface area contributed by atoms with Crippen LogP contribution in [0.2, 0.25) is 0 Å². The molecular formula is C20H20N6O8S3. The Morgan fingerprint density at radius 2 is 2.05 bits per heavy atom. The van der Waals surface area contributed by atoms with Crippen LogP contribution in [-0.4, -0.2) is 99.1 Å². The molecule has 37 heavy (non-hydrogen) atoms. The van der Waals surface area contributed by atoms with Gasteiger partial charge in [0.15, 0.2) is 10.6 Å². The minimum Gasteiger partial charge on any atom is -0.611 e. The third kappa shape index (κ3) is 4.91. The largest absolute Gasteiger partial charge is 0.611 e. The van der Waals surface area contributed by atoms with Crippen LogP contribution in [0.1, 0.15) is 10.4 Å². The zero-order valence-corrected chi connectivity index (χ0v) is 21.8. The second-order valence-corrected chi connectivity index (χ2v) is 11.2. The minimum atomic E-state index is -2.03. The number of nitrogens with one attached hydrogen (secondary N) is 1. The number of aryl methyl sites for hydroxylation is 1. The Labute approximate surface area is 221 Å². The van der Waals surface area contributed by atoms with Crippen molar-refractivity contribution in [2.75, 3.05) is 24.4 Å². The van der Waals surface area contributed by atoms with Crippen molar-refractivity contribution in [2.45, 2.75) is 21.2 Å². The molecule has 2 aromatic rings. The number of carbonyl (C=O) groups excluding carboxylic acids is 2. The fraction of sp³-hybridized carbons (Fsp3) is 0.350. The quantitative estimate of drug-likeness (QED) is 0.144. The highest BCUT2D eigenvalue weighted by molar-refractivity contribution is 8.01. The van der Waals surface area contributed by atoms with E-state index in [2.05, 4.69) is 20.8 Å². The van der Waals surface area contributed by atoms with E-state index in [4.69, 9.17) is 4.74 Å². The number of methoxy groups -OCH3 is 1. The molecule has 1 unspecified atom stereocenters. The average molecular weight is 569 g/mol. The van der Waals surface area contributed by atoms with Gasteiger partial charge in [-0.2, -0.15) is 0 Å². The molecule has 3 atom stereocenters. The number of nitrogens with zero attached hydrogens (tertiary/aromatic N) is 5. The Balaban J connectivity index is 1.50. The number of ether oxygens (including phenoxy) is 1. The molecule has 2 aliphatic heterocycles. The third-order valence-electron chi connectivity index (χ3n) is 5.54. The summed E-state index contributed by atoms with van der Waals surface area (Å²) in [7, 11) is 2.84. The SMILES string of the molecule is CO[C@@]1(NC(=O)C[S+]([O-])c2ccccc2C(=O)O)C(=O)N2C(C(=O)O)=C(CSc3nnnn3C)CS[C@H]21. The van der Waals surface area contributed by atoms with E-state index in [0.717, 1.165) is 4.90 Å². The molecule has 14 nitrogen and oxygen atoms in total. The van der Waals surface area contributed by atoms with E-state index >= 15 is 0 Å². The lowest BCUT2D eigenvalue weighted by atomic mass is 9.98. The van der Waals surface area contributed by atoms with E-state index in [9.17, 15) is 33.9 Å². The first-order valence-electron chi connectivity index (χ1n) is 10.4. The van der Waals surface area contributed by atoms with Crippen LogP contribution in [0, 0.1) is 0 Å². The molecule has 3 N–H and O–H groups in total. The van der Waals surface area contributed by atoms with E-state index in [-0.39, 0.29) is 27.7 Å². The molecule has 1 saturated heterocycles. The van der Waals surface area contributed by atoms with Gasteiger partial charge >= 0.3 is 11.9 Å². The van der Waals surface area contributed by atoms with Gasteiger partial charge in [0.1, 0.15) is 16.6 Å². The number of hydrogen-bond acceptors (Lipinski definition) is 11. The van der Waals surface area contributed by atoms with Crippen molar-refractivity contribution < 1.29 is 38.7 Å². The number of rotatable bonds is 10. The predicted octanol–water partition coefficient (Wildman–Crippen LogP) is -0.479. The first-order chi connectivity index (χ1) is 17.6. The van der Waals surface area contributed by atoms with Gasteiger partial charge < -0.3 is 24.8 Å². The van der Waals surface area contributed by atoms with Crippen molar-refractivity contribution in [1.29, 1.82) is 0 Å². The number of benzene rings is 1. The Kier molecular flexibility index (Phi) is 7.79. The van der Waals surface area contributed by atoms with Crippen LogP contribution in [-0.2, 0) is 37.3 Å². The van der Waals surface area contributed by atoms with Gasteiger partial charge in [-0.1, -0.05) is 23.9 Å². The number of thioether (sulfide) groups is 2. The summed E-state index contributed by atoms with van der Waals surface area (Å²) in [6, 6.07) is 5.58. The van der Waals surface area contributed by atoms with Crippen LogP contribution in [0.25, 0.3) is 0 Å². The van der Waals surface area contributed by atoms with Crippen molar-refractivity contribution in [2.24, 2.45) is 7.05 Å². The molecule has 2 aliphatic rings. The summed E-state index contributed by atoms with van der Waals surface area (Å²) in [6.45, 7) is 0. The molecule has 2 amide bonds. The summed E-state index contributed by atoms with van der Waals surface area (Å²) in [5.74, 6) is -4.41. The molecule has 0 bridgehead atoms. The van der Waals surface area contributed by atoms with Crippen molar-refractivity contribution in [3.8, 4) is 0 Å². The topological polar surface area (TPSA) is 200 Å². The number of aromatic nitrogens is 4. The van der Waals surface area contributed by atoms with E-state index in [1.807, 2.05) is 0 Å². The van der Waals surface area contributed by atoms with Gasteiger partial charge in [-0.05, 0) is 39.3 Å². The molecule has 4 rings (SSSR count). The number of fused-ring (bicyclic) bond motifs is 1. The molecule has 3 heterocycles. The summed E-state index contributed by atoms with van der Waals surface area (Å²) >= 11 is 0.388. The summed E-state index contributed by atoms with van der Waals surface area (Å²) in [4.78, 5) is 50.5. The highest BCUT2D eigenvalue weighted by Gasteiger charge is 2.66. The molecule has 196 valence electrons. The van der Waals surface area contributed by atoms with Crippen LogP contribution in [0.3, 0.4) is 0 Å². The zero-order chi connectivity index (χ0) is 26.9. The molecule has 0 aliphatic carbocycles. The second kappa shape index (κ2) is 10.7. The first-order valence-corrected chi connectivity index (χ1v) is 13.8. The van der Waals surface area contributed by atoms with Crippen LogP contribution in [0.4, 0.5) is 0 Å². The van der Waals surface area contributed by atoms with Crippen molar-refractivity contribution in [3.05, 3.63) is 41.1 Å². The number of tetrazole rings is 1. The summed E-state index contributed by atoms with van der Waals surface area (Å²) < 4.78 is 19.6. The fourth-order valence-electron chi connectivity index (χ4n) is 3.83. The van der Waals surface area contributed by atoms with Crippen molar-refractivity contribution >= 4 is 58.5 Å². The van der Waals surface area contributed by atoms with Crippen LogP contribution < -0.4 is 5.32 Å². The maximum atomic E-state index is 13.2. The van der Waals surface area contributed by atoms with Crippen LogP contribution >= 0.6 is 23.5 Å². The van der Waals surface area contributed by atoms with Crippen LogP contribution in [0.15, 0.2) is 45.6 Å². The standard InChI is InChI=1S/C20H20N6O8S3/c1-25-19(22-23-24-25)36-8-10-7-35-18-20(34-2,17(32)26(18)14(10)16(30)31)21-13(27)9-37(33)12-6-4-3-5-11(12)15(28)29/h3-6,18H,7-9H2,1-2H3,(H,21,27)(H,28,29)(H,30,31)/t18-,20-,37?/m0/s1. The first kappa shape index (κ1) is 26.9. The lowest BCUT2D eigenvalue weighted by Gasteiger charge is -2.55. The van der Waals surface area contributed by atoms with E-state index in [1.165, 1.54) is 59.6 Å². The Morgan fingerprint density at radius 3 is 2.68 bits per heavy atom. The lowest BCUT2D eigenvalue weighted by molar-refractivity contribution is -0.192. The Hall–Kier alpha value is -3.12. The van der Waals surface area contributed by atoms with Crippen LogP contribution in [0.5, 0.6) is 0 Å². The van der Waals surface area contributed by atoms with Gasteiger partial charge in [-0.15, -0.1) is 16.9 Å². The number of β-lactam (4-membered cyclic amide) rings is 1. The highest BCUT2D eigenvalue weighted by atomic mass is 32.2. The smallest absolute Gasteiger partial charge is 0.352 e. The molecule has 1 fully saturated rings. The summed E-state index contributed by atoms with van der Waals surface area (Å²) in [5, 5.41) is 32.3. The number of carbonyl (C=O) groups is 4. The number of aliphatic carboxylic acids is 1. The second-order valence-electron chi connectivity index (χ2n) is 7.75. The average Bonchev–Trinajstić information content (AvgIpc) is 3.29. The van der Waals surface area contributed by atoms with E-state index in [1.54, 1.807) is 7.05 Å². The number of carboxylic acid groups (broad SMARTS) is 2. The third-order valence-corrected chi connectivity index (χ3v) is 9.38. The number of aromatic carboxylic acids is 1. The number of hydrogen-bond donors (Lipinski definition) is 3. The molecule has 0 radical (unpaired) electrons. The maximum absolute atomic E-state index is 13.2. The Bertz CT molecular complexity index is 1300. The van der Waals surface area contributed by atoms with Gasteiger partial charge in [0.25, 0.3) is 17.5 Å². The zero-order valence-electron chi connectivity index (χ0n) is 19.3. The molecule has 1 aromatic carbocycles. The molecule has 17 heteroatoms. The molecule has 0 spiro atoms. The van der Waals surface area contributed by atoms with Gasteiger partial charge in [0.2, 0.25) is 5.16 Å². The predicted molar refractivity (Wildman–Crippen MR) is 130 cm³/mol. The fourth-order valence-corrected chi connectivity index (χ4v) is 7.36. The normalized spacial score (nSPS) is 21.8. The molecule has 1 aromatic heterocycles. The van der Waals surface area contributed by atoms with Gasteiger partial charge in [0.05, 0.1) is 0 Å². The monoisotopic (exact) mass is 568 g/mol. The number of carboxylic acids is 2. The Morgan fingerprint density at radius 1 is 1.32 bits per heavy atom. The summed E-state index contributed by atoms with van der Waals surface area (Å²) in [5.41, 5.74) is -1.82. The lowest BCUT2D eigenvalue weighted by Crippen LogP contribution is -2.81. The minimum absolute atomic E-state index is 0.0402. The van der Waals surface area contributed by atoms with Crippen molar-refractivity contribution in [3.63, 3.8) is 0 Å². The molecular weight excluding hydrogens is 548 g/mol.